The van der Waals surface area contributed by atoms with E-state index in [0.29, 0.717) is 5.02 Å². The number of anilines is 2. The first-order chi connectivity index (χ1) is 11.2. The number of methoxy groups -OCH3 is 1. The molecule has 0 atom stereocenters. The summed E-state index contributed by atoms with van der Waals surface area (Å²) in [5.41, 5.74) is 4.11. The van der Waals surface area contributed by atoms with Crippen LogP contribution in [0.15, 0.2) is 30.3 Å². The van der Waals surface area contributed by atoms with Crippen molar-refractivity contribution in [2.45, 2.75) is 19.9 Å². The van der Waals surface area contributed by atoms with E-state index in [1.54, 1.807) is 7.11 Å². The van der Waals surface area contributed by atoms with Gasteiger partial charge < -0.3 is 14.2 Å². The Morgan fingerprint density at radius 2 is 2.13 bits per heavy atom. The molecule has 0 aliphatic carbocycles. The molecule has 0 unspecified atom stereocenters. The molecule has 1 aromatic heterocycles. The van der Waals surface area contributed by atoms with Crippen molar-refractivity contribution in [1.29, 1.82) is 0 Å². The molecule has 117 valence electrons. The zero-order valence-corrected chi connectivity index (χ0v) is 13.9. The average Bonchev–Trinajstić information content (AvgIpc) is 2.95. The van der Waals surface area contributed by atoms with E-state index in [-0.39, 0.29) is 0 Å². The minimum Gasteiger partial charge on any atom is -0.497 e. The van der Waals surface area contributed by atoms with Crippen LogP contribution in [-0.2, 0) is 6.54 Å². The number of ether oxygens (including phenoxy) is 1. The zero-order valence-electron chi connectivity index (χ0n) is 13.1. The third-order valence-corrected chi connectivity index (χ3v) is 4.63. The smallest absolute Gasteiger partial charge is 0.211 e. The second-order valence-corrected chi connectivity index (χ2v) is 6.15. The van der Waals surface area contributed by atoms with Crippen LogP contribution in [0.4, 0.5) is 11.6 Å². The Morgan fingerprint density at radius 3 is 2.91 bits per heavy atom. The first-order valence-corrected chi connectivity index (χ1v) is 8.05. The third-order valence-electron chi connectivity index (χ3n) is 4.32. The van der Waals surface area contributed by atoms with Crippen molar-refractivity contribution in [2.24, 2.45) is 0 Å². The number of fused-ring (bicyclic) bond motifs is 3. The summed E-state index contributed by atoms with van der Waals surface area (Å²) in [4.78, 5) is 7.04. The Hall–Kier alpha value is -2.20. The van der Waals surface area contributed by atoms with Gasteiger partial charge in [-0.1, -0.05) is 17.7 Å². The molecule has 5 heteroatoms. The van der Waals surface area contributed by atoms with Crippen molar-refractivity contribution in [2.75, 3.05) is 18.6 Å². The number of halogens is 1. The molecule has 0 amide bonds. The molecular weight excluding hydrogens is 310 g/mol. The molecule has 4 rings (SSSR count). The quantitative estimate of drug-likeness (QED) is 0.701. The summed E-state index contributed by atoms with van der Waals surface area (Å²) in [5, 5.41) is 0.673. The zero-order chi connectivity index (χ0) is 16.0. The SMILES string of the molecule is COc1ccc(N2CCCn3c2nc2c(Cl)cc[c]c23)c(C)c1. The van der Waals surface area contributed by atoms with E-state index in [1.165, 1.54) is 5.56 Å². The summed E-state index contributed by atoms with van der Waals surface area (Å²) in [6.45, 7) is 3.97. The van der Waals surface area contributed by atoms with E-state index in [2.05, 4.69) is 34.6 Å². The molecule has 1 aliphatic rings. The number of rotatable bonds is 2. The number of hydrogen-bond acceptors (Lipinski definition) is 3. The molecule has 0 bridgehead atoms. The van der Waals surface area contributed by atoms with Gasteiger partial charge in [0.1, 0.15) is 11.3 Å². The molecule has 1 aliphatic heterocycles. The van der Waals surface area contributed by atoms with E-state index >= 15 is 0 Å². The Kier molecular flexibility index (Phi) is 3.42. The van der Waals surface area contributed by atoms with Crippen molar-refractivity contribution >= 4 is 34.3 Å². The Balaban J connectivity index is 1.88. The summed E-state index contributed by atoms with van der Waals surface area (Å²) in [7, 11) is 1.69. The number of hydrogen-bond donors (Lipinski definition) is 0. The predicted octanol–water partition coefficient (Wildman–Crippen LogP) is 4.35. The maximum atomic E-state index is 6.31. The van der Waals surface area contributed by atoms with Crippen LogP contribution < -0.4 is 9.64 Å². The van der Waals surface area contributed by atoms with Gasteiger partial charge in [-0.05, 0) is 43.2 Å². The van der Waals surface area contributed by atoms with Crippen LogP contribution in [0.3, 0.4) is 0 Å². The Morgan fingerprint density at radius 1 is 1.26 bits per heavy atom. The summed E-state index contributed by atoms with van der Waals surface area (Å²) < 4.78 is 7.51. The lowest BCUT2D eigenvalue weighted by atomic mass is 10.1. The van der Waals surface area contributed by atoms with E-state index in [0.717, 1.165) is 47.9 Å². The third kappa shape index (κ3) is 2.25. The summed E-state index contributed by atoms with van der Waals surface area (Å²) in [6.07, 6.45) is 1.06. The predicted molar refractivity (Wildman–Crippen MR) is 92.9 cm³/mol. The summed E-state index contributed by atoms with van der Waals surface area (Å²) in [6, 6.07) is 13.1. The van der Waals surface area contributed by atoms with Gasteiger partial charge in [-0.2, -0.15) is 0 Å². The number of benzene rings is 2. The van der Waals surface area contributed by atoms with Crippen LogP contribution in [0.5, 0.6) is 5.75 Å². The van der Waals surface area contributed by atoms with Crippen LogP contribution in [-0.4, -0.2) is 23.2 Å². The highest BCUT2D eigenvalue weighted by Gasteiger charge is 2.24. The Labute approximate surface area is 140 Å². The molecule has 0 saturated carbocycles. The van der Waals surface area contributed by atoms with Gasteiger partial charge in [0.25, 0.3) is 0 Å². The normalized spacial score (nSPS) is 14.1. The van der Waals surface area contributed by atoms with Crippen molar-refractivity contribution in [1.82, 2.24) is 9.55 Å². The van der Waals surface area contributed by atoms with Gasteiger partial charge in [0.2, 0.25) is 5.95 Å². The first-order valence-electron chi connectivity index (χ1n) is 7.67. The Bertz CT molecular complexity index is 887. The molecule has 0 saturated heterocycles. The van der Waals surface area contributed by atoms with E-state index < -0.39 is 0 Å². The minimum absolute atomic E-state index is 0.673. The first kappa shape index (κ1) is 14.4. The fraction of sp³-hybridized carbons (Fsp3) is 0.278. The number of nitrogens with zero attached hydrogens (tertiary/aromatic N) is 3. The molecule has 1 radical (unpaired) electrons. The molecule has 0 fully saturated rings. The van der Waals surface area contributed by atoms with Crippen molar-refractivity contribution in [3.8, 4) is 5.75 Å². The molecule has 2 aromatic carbocycles. The van der Waals surface area contributed by atoms with Crippen LogP contribution in [0.25, 0.3) is 11.0 Å². The highest BCUT2D eigenvalue weighted by atomic mass is 35.5. The lowest BCUT2D eigenvalue weighted by molar-refractivity contribution is 0.414. The summed E-state index contributed by atoms with van der Waals surface area (Å²) in [5.74, 6) is 1.80. The minimum atomic E-state index is 0.673. The fourth-order valence-electron chi connectivity index (χ4n) is 3.22. The van der Waals surface area contributed by atoms with Crippen LogP contribution >= 0.6 is 11.6 Å². The molecule has 23 heavy (non-hydrogen) atoms. The van der Waals surface area contributed by atoms with E-state index in [9.17, 15) is 0 Å². The second-order valence-electron chi connectivity index (χ2n) is 5.74. The van der Waals surface area contributed by atoms with E-state index in [1.807, 2.05) is 18.2 Å². The van der Waals surface area contributed by atoms with Gasteiger partial charge in [0.05, 0.1) is 17.6 Å². The van der Waals surface area contributed by atoms with Gasteiger partial charge in [0.15, 0.2) is 0 Å². The van der Waals surface area contributed by atoms with Gasteiger partial charge in [-0.3, -0.25) is 0 Å². The second kappa shape index (κ2) is 5.46. The van der Waals surface area contributed by atoms with Crippen LogP contribution in [0.2, 0.25) is 5.02 Å². The van der Waals surface area contributed by atoms with Gasteiger partial charge in [-0.25, -0.2) is 4.98 Å². The lowest BCUT2D eigenvalue weighted by Crippen LogP contribution is -2.28. The molecule has 2 heterocycles. The van der Waals surface area contributed by atoms with Crippen molar-refractivity contribution < 1.29 is 4.74 Å². The summed E-state index contributed by atoms with van der Waals surface area (Å²) >= 11 is 6.31. The highest BCUT2D eigenvalue weighted by molar-refractivity contribution is 6.35. The van der Waals surface area contributed by atoms with Gasteiger partial charge in [-0.15, -0.1) is 0 Å². The fourth-order valence-corrected chi connectivity index (χ4v) is 3.41. The monoisotopic (exact) mass is 326 g/mol. The molecule has 4 nitrogen and oxygen atoms in total. The average molecular weight is 327 g/mol. The highest BCUT2D eigenvalue weighted by Crippen LogP contribution is 2.36. The standard InChI is InChI=1S/C18H17ClN3O/c1-12-11-13(23-2)7-8-15(12)21-9-4-10-22-16-6-3-5-14(19)17(16)20-18(21)22/h3,5,7-8,11H,4,9-10H2,1-2H3. The van der Waals surface area contributed by atoms with Crippen LogP contribution in [0.1, 0.15) is 12.0 Å². The van der Waals surface area contributed by atoms with Gasteiger partial charge >= 0.3 is 0 Å². The van der Waals surface area contributed by atoms with Crippen molar-refractivity contribution in [3.63, 3.8) is 0 Å². The maximum absolute atomic E-state index is 6.31. The van der Waals surface area contributed by atoms with Crippen molar-refractivity contribution in [3.05, 3.63) is 47.0 Å². The number of imidazole rings is 1. The lowest BCUT2D eigenvalue weighted by Gasteiger charge is -2.30. The number of aryl methyl sites for hydroxylation is 2. The molecular formula is C18H17ClN3O. The topological polar surface area (TPSA) is 30.3 Å². The molecule has 3 aromatic rings. The van der Waals surface area contributed by atoms with Crippen LogP contribution in [0, 0.1) is 13.0 Å². The molecule has 0 spiro atoms. The van der Waals surface area contributed by atoms with E-state index in [4.69, 9.17) is 21.3 Å². The number of aromatic nitrogens is 2. The van der Waals surface area contributed by atoms with Gasteiger partial charge in [0, 0.05) is 24.8 Å². The maximum Gasteiger partial charge on any atom is 0.211 e. The molecule has 0 N–H and O–H groups in total. The largest absolute Gasteiger partial charge is 0.497 e.